The minimum Gasteiger partial charge on any atom is -0.466 e. The number of hydrogen-bond acceptors (Lipinski definition) is 3. The predicted molar refractivity (Wildman–Crippen MR) is 65.4 cm³/mol. The summed E-state index contributed by atoms with van der Waals surface area (Å²) in [5, 5.41) is 0. The summed E-state index contributed by atoms with van der Waals surface area (Å²) in [5.74, 6) is -0.0835. The number of hydrogen-bond donors (Lipinski definition) is 0. The van der Waals surface area contributed by atoms with Gasteiger partial charge in [0.1, 0.15) is 0 Å². The fourth-order valence-electron chi connectivity index (χ4n) is 1.52. The first kappa shape index (κ1) is 15.4. The Bertz CT molecular complexity index is 188. The minimum atomic E-state index is -0.346. The molecule has 0 unspecified atom stereocenters. The van der Waals surface area contributed by atoms with Gasteiger partial charge in [-0.25, -0.2) is 0 Å². The Balaban J connectivity index is 3.61. The van der Waals surface area contributed by atoms with E-state index in [0.29, 0.717) is 6.61 Å². The highest BCUT2D eigenvalue weighted by Gasteiger charge is 2.28. The summed E-state index contributed by atoms with van der Waals surface area (Å²) < 4.78 is 10.3. The number of carbonyl (C=O) groups excluding carboxylic acids is 1. The smallest absolute Gasteiger partial charge is 0.311 e. The quantitative estimate of drug-likeness (QED) is 0.451. The molecule has 0 aromatic heterocycles. The number of esters is 1. The molecule has 0 saturated carbocycles. The van der Waals surface area contributed by atoms with E-state index in [1.807, 2.05) is 27.7 Å². The number of rotatable bonds is 9. The highest BCUT2D eigenvalue weighted by Crippen LogP contribution is 2.25. The molecular formula is C13H26O3. The molecule has 96 valence electrons. The molecule has 0 spiro atoms. The molecule has 0 aliphatic heterocycles. The zero-order chi connectivity index (χ0) is 12.4. The van der Waals surface area contributed by atoms with Gasteiger partial charge in [-0.2, -0.15) is 0 Å². The summed E-state index contributed by atoms with van der Waals surface area (Å²) in [6.07, 6.45) is 4.13. The van der Waals surface area contributed by atoms with Crippen LogP contribution in [-0.2, 0) is 14.3 Å². The molecule has 3 nitrogen and oxygen atoms in total. The second kappa shape index (κ2) is 8.57. The molecule has 0 aliphatic rings. The molecular weight excluding hydrogens is 204 g/mol. The fourth-order valence-corrected chi connectivity index (χ4v) is 1.52. The van der Waals surface area contributed by atoms with Crippen LogP contribution in [0.3, 0.4) is 0 Å². The first-order valence-corrected chi connectivity index (χ1v) is 6.29. The Morgan fingerprint density at radius 2 is 1.75 bits per heavy atom. The van der Waals surface area contributed by atoms with Crippen molar-refractivity contribution in [2.45, 2.75) is 53.4 Å². The molecule has 0 radical (unpaired) electrons. The standard InChI is InChI=1S/C13H26O3/c1-5-15-11-9-7-8-10-13(3,4)12(14)16-6-2/h5-11H2,1-4H3. The van der Waals surface area contributed by atoms with E-state index < -0.39 is 0 Å². The van der Waals surface area contributed by atoms with Gasteiger partial charge < -0.3 is 9.47 Å². The normalized spacial score (nSPS) is 11.5. The van der Waals surface area contributed by atoms with Gasteiger partial charge in [0.25, 0.3) is 0 Å². The average molecular weight is 230 g/mol. The third-order valence-electron chi connectivity index (χ3n) is 2.62. The lowest BCUT2D eigenvalue weighted by Gasteiger charge is -2.21. The van der Waals surface area contributed by atoms with Gasteiger partial charge >= 0.3 is 5.97 Å². The first-order chi connectivity index (χ1) is 7.54. The van der Waals surface area contributed by atoms with Crippen molar-refractivity contribution in [3.8, 4) is 0 Å². The zero-order valence-corrected chi connectivity index (χ0v) is 11.2. The molecule has 0 N–H and O–H groups in total. The van der Waals surface area contributed by atoms with Crippen molar-refractivity contribution in [2.24, 2.45) is 5.41 Å². The Hall–Kier alpha value is -0.570. The van der Waals surface area contributed by atoms with E-state index in [-0.39, 0.29) is 11.4 Å². The second-order valence-electron chi connectivity index (χ2n) is 4.61. The van der Waals surface area contributed by atoms with E-state index in [9.17, 15) is 4.79 Å². The SMILES string of the molecule is CCOCCCCCC(C)(C)C(=O)OCC. The minimum absolute atomic E-state index is 0.0835. The zero-order valence-electron chi connectivity index (χ0n) is 11.2. The van der Waals surface area contributed by atoms with E-state index in [1.54, 1.807) is 0 Å². The average Bonchev–Trinajstić information content (AvgIpc) is 2.23. The molecule has 0 amide bonds. The lowest BCUT2D eigenvalue weighted by Crippen LogP contribution is -2.26. The third-order valence-corrected chi connectivity index (χ3v) is 2.62. The number of unbranched alkanes of at least 4 members (excludes halogenated alkanes) is 2. The molecule has 0 aliphatic carbocycles. The molecule has 0 bridgehead atoms. The van der Waals surface area contributed by atoms with Crippen molar-refractivity contribution in [1.82, 2.24) is 0 Å². The van der Waals surface area contributed by atoms with Gasteiger partial charge in [-0.05, 0) is 40.5 Å². The maximum Gasteiger partial charge on any atom is 0.311 e. The van der Waals surface area contributed by atoms with Gasteiger partial charge in [-0.15, -0.1) is 0 Å². The van der Waals surface area contributed by atoms with E-state index in [4.69, 9.17) is 9.47 Å². The van der Waals surface area contributed by atoms with Gasteiger partial charge in [-0.3, -0.25) is 4.79 Å². The van der Waals surface area contributed by atoms with Crippen molar-refractivity contribution >= 4 is 5.97 Å². The number of carbonyl (C=O) groups is 1. The summed E-state index contributed by atoms with van der Waals surface area (Å²) in [6.45, 7) is 9.83. The van der Waals surface area contributed by atoms with E-state index >= 15 is 0 Å². The molecule has 3 heteroatoms. The first-order valence-electron chi connectivity index (χ1n) is 6.29. The monoisotopic (exact) mass is 230 g/mol. The fraction of sp³-hybridized carbons (Fsp3) is 0.923. The highest BCUT2D eigenvalue weighted by atomic mass is 16.5. The molecule has 0 atom stereocenters. The second-order valence-corrected chi connectivity index (χ2v) is 4.61. The predicted octanol–water partition coefficient (Wildman–Crippen LogP) is 3.17. The number of ether oxygens (including phenoxy) is 2. The lowest BCUT2D eigenvalue weighted by atomic mass is 9.87. The summed E-state index contributed by atoms with van der Waals surface area (Å²) >= 11 is 0. The molecule has 0 saturated heterocycles. The van der Waals surface area contributed by atoms with E-state index in [0.717, 1.165) is 38.9 Å². The van der Waals surface area contributed by atoms with Gasteiger partial charge in [0, 0.05) is 13.2 Å². The Labute approximate surface area is 99.5 Å². The van der Waals surface area contributed by atoms with Crippen LogP contribution in [0.15, 0.2) is 0 Å². The molecule has 16 heavy (non-hydrogen) atoms. The van der Waals surface area contributed by atoms with Crippen LogP contribution in [0, 0.1) is 5.41 Å². The van der Waals surface area contributed by atoms with Crippen LogP contribution in [0.1, 0.15) is 53.4 Å². The topological polar surface area (TPSA) is 35.5 Å². The summed E-state index contributed by atoms with van der Waals surface area (Å²) in [5.41, 5.74) is -0.346. The molecule has 0 rings (SSSR count). The largest absolute Gasteiger partial charge is 0.466 e. The Morgan fingerprint density at radius 1 is 1.06 bits per heavy atom. The highest BCUT2D eigenvalue weighted by molar-refractivity contribution is 5.75. The van der Waals surface area contributed by atoms with Gasteiger partial charge in [0.15, 0.2) is 0 Å². The molecule has 0 heterocycles. The lowest BCUT2D eigenvalue weighted by molar-refractivity contribution is -0.153. The summed E-state index contributed by atoms with van der Waals surface area (Å²) in [7, 11) is 0. The van der Waals surface area contributed by atoms with Crippen LogP contribution < -0.4 is 0 Å². The van der Waals surface area contributed by atoms with Gasteiger partial charge in [0.05, 0.1) is 12.0 Å². The Morgan fingerprint density at radius 3 is 2.31 bits per heavy atom. The van der Waals surface area contributed by atoms with Crippen LogP contribution >= 0.6 is 0 Å². The van der Waals surface area contributed by atoms with Crippen molar-refractivity contribution in [3.05, 3.63) is 0 Å². The summed E-state index contributed by atoms with van der Waals surface area (Å²) in [6, 6.07) is 0. The van der Waals surface area contributed by atoms with Crippen molar-refractivity contribution in [3.63, 3.8) is 0 Å². The molecule has 0 aromatic carbocycles. The van der Waals surface area contributed by atoms with Crippen molar-refractivity contribution in [2.75, 3.05) is 19.8 Å². The van der Waals surface area contributed by atoms with Crippen LogP contribution in [0.2, 0.25) is 0 Å². The van der Waals surface area contributed by atoms with Crippen LogP contribution in [0.25, 0.3) is 0 Å². The summed E-state index contributed by atoms with van der Waals surface area (Å²) in [4.78, 5) is 11.6. The van der Waals surface area contributed by atoms with E-state index in [1.165, 1.54) is 0 Å². The van der Waals surface area contributed by atoms with Crippen LogP contribution in [-0.4, -0.2) is 25.8 Å². The van der Waals surface area contributed by atoms with Gasteiger partial charge in [0.2, 0.25) is 0 Å². The van der Waals surface area contributed by atoms with Crippen LogP contribution in [0.4, 0.5) is 0 Å². The molecule has 0 aromatic rings. The third kappa shape index (κ3) is 6.83. The van der Waals surface area contributed by atoms with Crippen molar-refractivity contribution in [1.29, 1.82) is 0 Å². The van der Waals surface area contributed by atoms with E-state index in [2.05, 4.69) is 0 Å². The van der Waals surface area contributed by atoms with Crippen LogP contribution in [0.5, 0.6) is 0 Å². The molecule has 0 fully saturated rings. The van der Waals surface area contributed by atoms with Crippen molar-refractivity contribution < 1.29 is 14.3 Å². The maximum atomic E-state index is 11.6. The Kier molecular flexibility index (Phi) is 8.26. The maximum absolute atomic E-state index is 11.6. The van der Waals surface area contributed by atoms with Gasteiger partial charge in [-0.1, -0.05) is 12.8 Å².